The zero-order valence-electron chi connectivity index (χ0n) is 13.9. The van der Waals surface area contributed by atoms with Gasteiger partial charge in [-0.25, -0.2) is 0 Å². The number of carbonyl (C=O) groups is 1. The van der Waals surface area contributed by atoms with Gasteiger partial charge in [-0.15, -0.1) is 12.4 Å². The lowest BCUT2D eigenvalue weighted by Gasteiger charge is -2.13. The summed E-state index contributed by atoms with van der Waals surface area (Å²) in [6, 6.07) is 18.1. The maximum absolute atomic E-state index is 11.8. The number of nitrogens with two attached hydrogens (primary N) is 1. The van der Waals surface area contributed by atoms with Crippen LogP contribution in [0, 0.1) is 5.92 Å². The molecule has 0 saturated heterocycles. The zero-order chi connectivity index (χ0) is 16.5. The zero-order valence-corrected chi connectivity index (χ0v) is 14.7. The van der Waals surface area contributed by atoms with E-state index in [1.807, 2.05) is 61.5 Å². The highest BCUT2D eigenvalue weighted by Crippen LogP contribution is 2.12. The molecule has 0 spiro atoms. The summed E-state index contributed by atoms with van der Waals surface area (Å²) in [5.41, 5.74) is 8.82. The van der Waals surface area contributed by atoms with E-state index in [0.717, 1.165) is 16.7 Å². The molecular formula is C19H25ClN2O2. The van der Waals surface area contributed by atoms with Crippen molar-refractivity contribution in [1.82, 2.24) is 5.32 Å². The van der Waals surface area contributed by atoms with Crippen LogP contribution in [0.15, 0.2) is 54.6 Å². The smallest absolute Gasteiger partial charge is 0.224 e. The molecule has 1 amide bonds. The normalized spacial score (nSPS) is 11.4. The van der Waals surface area contributed by atoms with Crippen LogP contribution < -0.4 is 11.1 Å². The topological polar surface area (TPSA) is 64.4 Å². The van der Waals surface area contributed by atoms with Crippen molar-refractivity contribution in [1.29, 1.82) is 0 Å². The molecule has 2 aromatic carbocycles. The molecule has 0 heterocycles. The van der Waals surface area contributed by atoms with E-state index < -0.39 is 0 Å². The number of rotatable bonds is 8. The minimum atomic E-state index is -0.170. The largest absolute Gasteiger partial charge is 0.372 e. The first-order valence-electron chi connectivity index (χ1n) is 7.87. The summed E-state index contributed by atoms with van der Waals surface area (Å²) in [6.45, 7) is 3.77. The molecule has 3 N–H and O–H groups in total. The van der Waals surface area contributed by atoms with Gasteiger partial charge in [0.25, 0.3) is 0 Å². The van der Waals surface area contributed by atoms with E-state index in [4.69, 9.17) is 10.5 Å². The summed E-state index contributed by atoms with van der Waals surface area (Å²) >= 11 is 0. The van der Waals surface area contributed by atoms with E-state index in [1.54, 1.807) is 0 Å². The first kappa shape index (κ1) is 20.2. The van der Waals surface area contributed by atoms with Crippen molar-refractivity contribution in [3.8, 4) is 0 Å². The van der Waals surface area contributed by atoms with Gasteiger partial charge in [-0.2, -0.15) is 0 Å². The number of benzene rings is 2. The Labute approximate surface area is 149 Å². The summed E-state index contributed by atoms with van der Waals surface area (Å²) in [7, 11) is 0. The van der Waals surface area contributed by atoms with Crippen LogP contribution in [0.4, 0.5) is 0 Å². The third-order valence-corrected chi connectivity index (χ3v) is 3.74. The summed E-state index contributed by atoms with van der Waals surface area (Å²) in [4.78, 5) is 11.8. The number of ether oxygens (including phenoxy) is 1. The SMILES string of the molecule is CC(CN)C(=O)NCc1ccccc1COCc1ccccc1.Cl. The van der Waals surface area contributed by atoms with E-state index >= 15 is 0 Å². The predicted octanol–water partition coefficient (Wildman–Crippen LogP) is 3.04. The quantitative estimate of drug-likeness (QED) is 0.770. The van der Waals surface area contributed by atoms with Crippen molar-refractivity contribution >= 4 is 18.3 Å². The molecule has 0 saturated carbocycles. The van der Waals surface area contributed by atoms with Gasteiger partial charge in [0.05, 0.1) is 13.2 Å². The average molecular weight is 349 g/mol. The van der Waals surface area contributed by atoms with Crippen LogP contribution in [0.5, 0.6) is 0 Å². The van der Waals surface area contributed by atoms with E-state index in [2.05, 4.69) is 5.32 Å². The number of carbonyl (C=O) groups excluding carboxylic acids is 1. The van der Waals surface area contributed by atoms with Gasteiger partial charge in [-0.1, -0.05) is 61.5 Å². The highest BCUT2D eigenvalue weighted by Gasteiger charge is 2.11. The van der Waals surface area contributed by atoms with E-state index in [-0.39, 0.29) is 24.2 Å². The molecule has 0 aliphatic heterocycles. The molecule has 4 nitrogen and oxygen atoms in total. The molecule has 0 aliphatic rings. The van der Waals surface area contributed by atoms with Crippen molar-refractivity contribution in [2.45, 2.75) is 26.7 Å². The van der Waals surface area contributed by atoms with Crippen molar-refractivity contribution in [3.63, 3.8) is 0 Å². The average Bonchev–Trinajstić information content (AvgIpc) is 2.60. The van der Waals surface area contributed by atoms with Gasteiger partial charge in [0.1, 0.15) is 0 Å². The molecule has 1 atom stereocenters. The number of hydrogen-bond acceptors (Lipinski definition) is 3. The Morgan fingerprint density at radius 1 is 1.04 bits per heavy atom. The molecule has 0 aliphatic carbocycles. The third-order valence-electron chi connectivity index (χ3n) is 3.74. The molecule has 1 unspecified atom stereocenters. The van der Waals surface area contributed by atoms with E-state index in [1.165, 1.54) is 0 Å². The van der Waals surface area contributed by atoms with Gasteiger partial charge in [0.2, 0.25) is 5.91 Å². The summed E-state index contributed by atoms with van der Waals surface area (Å²) in [6.07, 6.45) is 0. The maximum Gasteiger partial charge on any atom is 0.224 e. The minimum Gasteiger partial charge on any atom is -0.372 e. The van der Waals surface area contributed by atoms with E-state index in [9.17, 15) is 4.79 Å². The first-order chi connectivity index (χ1) is 11.2. The lowest BCUT2D eigenvalue weighted by Crippen LogP contribution is -2.33. The maximum atomic E-state index is 11.8. The number of nitrogens with one attached hydrogen (secondary N) is 1. The fourth-order valence-electron chi connectivity index (χ4n) is 2.19. The molecule has 2 aromatic rings. The molecule has 0 aromatic heterocycles. The summed E-state index contributed by atoms with van der Waals surface area (Å²) in [5.74, 6) is -0.191. The van der Waals surface area contributed by atoms with Crippen LogP contribution in [-0.4, -0.2) is 12.5 Å². The van der Waals surface area contributed by atoms with Gasteiger partial charge in [-0.3, -0.25) is 4.79 Å². The molecule has 0 bridgehead atoms. The lowest BCUT2D eigenvalue weighted by atomic mass is 10.1. The van der Waals surface area contributed by atoms with E-state index in [0.29, 0.717) is 26.3 Å². The van der Waals surface area contributed by atoms with Gasteiger partial charge < -0.3 is 15.8 Å². The fraction of sp³-hybridized carbons (Fsp3) is 0.316. The second-order valence-electron chi connectivity index (χ2n) is 5.60. The molecule has 0 fully saturated rings. The second-order valence-corrected chi connectivity index (χ2v) is 5.60. The highest BCUT2D eigenvalue weighted by molar-refractivity contribution is 5.85. The van der Waals surface area contributed by atoms with Crippen molar-refractivity contribution in [2.24, 2.45) is 11.7 Å². The number of halogens is 1. The van der Waals surface area contributed by atoms with Crippen LogP contribution in [0.3, 0.4) is 0 Å². The Morgan fingerprint density at radius 2 is 1.67 bits per heavy atom. The Balaban J connectivity index is 0.00000288. The minimum absolute atomic E-state index is 0. The molecule has 0 radical (unpaired) electrons. The van der Waals surface area contributed by atoms with Crippen molar-refractivity contribution in [3.05, 3.63) is 71.3 Å². The first-order valence-corrected chi connectivity index (χ1v) is 7.87. The second kappa shape index (κ2) is 10.8. The lowest BCUT2D eigenvalue weighted by molar-refractivity contribution is -0.124. The summed E-state index contributed by atoms with van der Waals surface area (Å²) < 4.78 is 5.79. The Kier molecular flexibility index (Phi) is 9.08. The Hall–Kier alpha value is -1.88. The van der Waals surface area contributed by atoms with Gasteiger partial charge >= 0.3 is 0 Å². The highest BCUT2D eigenvalue weighted by atomic mass is 35.5. The number of hydrogen-bond donors (Lipinski definition) is 2. The van der Waals surface area contributed by atoms with Crippen molar-refractivity contribution in [2.75, 3.05) is 6.54 Å². The molecule has 24 heavy (non-hydrogen) atoms. The number of amides is 1. The van der Waals surface area contributed by atoms with Gasteiger partial charge in [0.15, 0.2) is 0 Å². The van der Waals surface area contributed by atoms with Crippen molar-refractivity contribution < 1.29 is 9.53 Å². The molecular weight excluding hydrogens is 324 g/mol. The predicted molar refractivity (Wildman–Crippen MR) is 98.7 cm³/mol. The van der Waals surface area contributed by atoms with Gasteiger partial charge in [0, 0.05) is 19.0 Å². The standard InChI is InChI=1S/C19H24N2O2.ClH/c1-15(11-20)19(22)21-12-17-9-5-6-10-18(17)14-23-13-16-7-3-2-4-8-16;/h2-10,15H,11-14,20H2,1H3,(H,21,22);1H. The molecule has 5 heteroatoms. The van der Waals surface area contributed by atoms with Crippen LogP contribution in [0.1, 0.15) is 23.6 Å². The third kappa shape index (κ3) is 6.32. The molecule has 2 rings (SSSR count). The Morgan fingerprint density at radius 3 is 2.33 bits per heavy atom. The molecule has 130 valence electrons. The van der Waals surface area contributed by atoms with Crippen LogP contribution >= 0.6 is 12.4 Å². The van der Waals surface area contributed by atoms with Gasteiger partial charge in [-0.05, 0) is 16.7 Å². The summed E-state index contributed by atoms with van der Waals surface area (Å²) in [5, 5.41) is 2.92. The fourth-order valence-corrected chi connectivity index (χ4v) is 2.19. The Bertz CT molecular complexity index is 620. The van der Waals surface area contributed by atoms with Crippen LogP contribution in [-0.2, 0) is 29.3 Å². The van der Waals surface area contributed by atoms with Crippen LogP contribution in [0.2, 0.25) is 0 Å². The van der Waals surface area contributed by atoms with Crippen LogP contribution in [0.25, 0.3) is 0 Å². The monoisotopic (exact) mass is 348 g/mol.